The zero-order valence-corrected chi connectivity index (χ0v) is 20.3. The molecule has 1 aliphatic heterocycles. The molecule has 6 heteroatoms. The lowest BCUT2D eigenvalue weighted by Gasteiger charge is -2.19. The molecule has 1 N–H and O–H groups in total. The Bertz CT molecular complexity index is 1340. The molecule has 0 aliphatic carbocycles. The van der Waals surface area contributed by atoms with Crippen LogP contribution in [0.4, 0.5) is 11.4 Å². The second kappa shape index (κ2) is 9.06. The molecule has 2 amide bonds. The first-order chi connectivity index (χ1) is 16.3. The van der Waals surface area contributed by atoms with Gasteiger partial charge >= 0.3 is 0 Å². The average Bonchev–Trinajstić information content (AvgIpc) is 3.06. The van der Waals surface area contributed by atoms with Gasteiger partial charge in [0.1, 0.15) is 17.2 Å². The van der Waals surface area contributed by atoms with Crippen LogP contribution in [0, 0.1) is 27.7 Å². The summed E-state index contributed by atoms with van der Waals surface area (Å²) in [5.74, 6) is 0.334. The standard InChI is InChI=1S/C28H28N2O4/c1-16-10-11-20(14-18(16)3)25-26(29-22-15-21(33-5)12-13-24(22)34-6)28(32)30(27(25)31)23-9-7-8-17(2)19(23)4/h7-15,29H,1-6H3. The Labute approximate surface area is 199 Å². The van der Waals surface area contributed by atoms with Crippen LogP contribution in [0.15, 0.2) is 60.3 Å². The number of rotatable bonds is 6. The van der Waals surface area contributed by atoms with Crippen LogP contribution < -0.4 is 19.7 Å². The summed E-state index contributed by atoms with van der Waals surface area (Å²) in [5.41, 5.74) is 6.32. The monoisotopic (exact) mass is 456 g/mol. The van der Waals surface area contributed by atoms with Crippen LogP contribution >= 0.6 is 0 Å². The molecule has 1 aliphatic rings. The molecular weight excluding hydrogens is 428 g/mol. The molecule has 0 saturated heterocycles. The molecule has 174 valence electrons. The van der Waals surface area contributed by atoms with E-state index in [0.717, 1.165) is 22.3 Å². The average molecular weight is 457 g/mol. The van der Waals surface area contributed by atoms with Crippen LogP contribution in [0.2, 0.25) is 0 Å². The molecule has 0 radical (unpaired) electrons. The van der Waals surface area contributed by atoms with Gasteiger partial charge in [-0.3, -0.25) is 9.59 Å². The van der Waals surface area contributed by atoms with Gasteiger partial charge < -0.3 is 14.8 Å². The third-order valence-electron chi connectivity index (χ3n) is 6.36. The third-order valence-corrected chi connectivity index (χ3v) is 6.36. The molecule has 1 heterocycles. The Morgan fingerprint density at radius 2 is 1.53 bits per heavy atom. The van der Waals surface area contributed by atoms with E-state index in [4.69, 9.17) is 9.47 Å². The molecule has 0 saturated carbocycles. The lowest BCUT2D eigenvalue weighted by Crippen LogP contribution is -2.33. The minimum Gasteiger partial charge on any atom is -0.497 e. The number of aryl methyl sites for hydroxylation is 3. The van der Waals surface area contributed by atoms with E-state index in [9.17, 15) is 9.59 Å². The van der Waals surface area contributed by atoms with E-state index in [1.54, 1.807) is 38.5 Å². The Balaban J connectivity index is 1.90. The number of benzene rings is 3. The Hall–Kier alpha value is -4.06. The lowest BCUT2D eigenvalue weighted by molar-refractivity contribution is -0.120. The van der Waals surface area contributed by atoms with Gasteiger partial charge in [0.15, 0.2) is 0 Å². The third kappa shape index (κ3) is 3.92. The number of hydrogen-bond donors (Lipinski definition) is 1. The van der Waals surface area contributed by atoms with Crippen molar-refractivity contribution in [3.63, 3.8) is 0 Å². The number of ether oxygens (including phenoxy) is 2. The van der Waals surface area contributed by atoms with Crippen molar-refractivity contribution in [2.75, 3.05) is 24.4 Å². The summed E-state index contributed by atoms with van der Waals surface area (Å²) in [6.07, 6.45) is 0. The summed E-state index contributed by atoms with van der Waals surface area (Å²) in [4.78, 5) is 28.8. The molecule has 0 spiro atoms. The Kier molecular flexibility index (Phi) is 6.16. The van der Waals surface area contributed by atoms with E-state index in [1.165, 1.54) is 4.90 Å². The van der Waals surface area contributed by atoms with E-state index in [0.29, 0.717) is 34.0 Å². The predicted octanol–water partition coefficient (Wildman–Crippen LogP) is 5.33. The number of carbonyl (C=O) groups excluding carboxylic acids is 2. The van der Waals surface area contributed by atoms with Crippen LogP contribution in [0.3, 0.4) is 0 Å². The van der Waals surface area contributed by atoms with Crippen molar-refractivity contribution in [1.82, 2.24) is 0 Å². The maximum absolute atomic E-state index is 13.8. The second-order valence-corrected chi connectivity index (χ2v) is 8.41. The van der Waals surface area contributed by atoms with Crippen molar-refractivity contribution in [1.29, 1.82) is 0 Å². The molecule has 0 atom stereocenters. The van der Waals surface area contributed by atoms with Crippen molar-refractivity contribution in [2.24, 2.45) is 0 Å². The van der Waals surface area contributed by atoms with Gasteiger partial charge in [0.2, 0.25) is 0 Å². The summed E-state index contributed by atoms with van der Waals surface area (Å²) in [6.45, 7) is 7.87. The largest absolute Gasteiger partial charge is 0.497 e. The van der Waals surface area contributed by atoms with Crippen LogP contribution in [0.1, 0.15) is 27.8 Å². The lowest BCUT2D eigenvalue weighted by atomic mass is 9.99. The normalized spacial score (nSPS) is 13.5. The van der Waals surface area contributed by atoms with E-state index in [1.807, 2.05) is 58.0 Å². The van der Waals surface area contributed by atoms with Gasteiger partial charge in [0.25, 0.3) is 11.8 Å². The van der Waals surface area contributed by atoms with Gasteiger partial charge in [0, 0.05) is 6.07 Å². The minimum absolute atomic E-state index is 0.195. The fourth-order valence-corrected chi connectivity index (χ4v) is 4.05. The van der Waals surface area contributed by atoms with Gasteiger partial charge in [-0.2, -0.15) is 0 Å². The van der Waals surface area contributed by atoms with E-state index in [2.05, 4.69) is 5.32 Å². The first-order valence-electron chi connectivity index (χ1n) is 11.0. The molecular formula is C28H28N2O4. The first-order valence-corrected chi connectivity index (χ1v) is 11.0. The summed E-state index contributed by atoms with van der Waals surface area (Å²) < 4.78 is 10.8. The topological polar surface area (TPSA) is 67.9 Å². The van der Waals surface area contributed by atoms with Crippen LogP contribution in [-0.4, -0.2) is 26.0 Å². The van der Waals surface area contributed by atoms with Crippen molar-refractivity contribution in [2.45, 2.75) is 27.7 Å². The van der Waals surface area contributed by atoms with Gasteiger partial charge in [0.05, 0.1) is 31.2 Å². The predicted molar refractivity (Wildman–Crippen MR) is 134 cm³/mol. The Morgan fingerprint density at radius 3 is 2.21 bits per heavy atom. The summed E-state index contributed by atoms with van der Waals surface area (Å²) in [6, 6.07) is 16.6. The number of nitrogens with zero attached hydrogens (tertiary/aromatic N) is 1. The molecule has 3 aromatic carbocycles. The number of amides is 2. The molecule has 34 heavy (non-hydrogen) atoms. The number of hydrogen-bond acceptors (Lipinski definition) is 5. The van der Waals surface area contributed by atoms with E-state index in [-0.39, 0.29) is 11.6 Å². The highest BCUT2D eigenvalue weighted by atomic mass is 16.5. The second-order valence-electron chi connectivity index (χ2n) is 8.41. The fourth-order valence-electron chi connectivity index (χ4n) is 4.05. The molecule has 0 unspecified atom stereocenters. The van der Waals surface area contributed by atoms with Gasteiger partial charge in [-0.15, -0.1) is 0 Å². The van der Waals surface area contributed by atoms with Crippen LogP contribution in [0.25, 0.3) is 5.57 Å². The number of methoxy groups -OCH3 is 2. The van der Waals surface area contributed by atoms with Crippen LogP contribution in [-0.2, 0) is 9.59 Å². The molecule has 0 fully saturated rings. The number of anilines is 2. The zero-order valence-electron chi connectivity index (χ0n) is 20.3. The summed E-state index contributed by atoms with van der Waals surface area (Å²) >= 11 is 0. The maximum atomic E-state index is 13.8. The first kappa shape index (κ1) is 23.1. The quantitative estimate of drug-likeness (QED) is 0.508. The van der Waals surface area contributed by atoms with E-state index < -0.39 is 5.91 Å². The summed E-state index contributed by atoms with van der Waals surface area (Å²) in [5, 5.41) is 3.19. The van der Waals surface area contributed by atoms with Crippen molar-refractivity contribution >= 4 is 28.8 Å². The summed E-state index contributed by atoms with van der Waals surface area (Å²) in [7, 11) is 3.12. The maximum Gasteiger partial charge on any atom is 0.282 e. The number of imide groups is 1. The highest BCUT2D eigenvalue weighted by molar-refractivity contribution is 6.46. The van der Waals surface area contributed by atoms with Gasteiger partial charge in [-0.05, 0) is 73.7 Å². The SMILES string of the molecule is COc1ccc(OC)c(NC2=C(c3ccc(C)c(C)c3)C(=O)N(c3cccc(C)c3C)C2=O)c1. The molecule has 4 rings (SSSR count). The smallest absolute Gasteiger partial charge is 0.282 e. The van der Waals surface area contributed by atoms with E-state index >= 15 is 0 Å². The molecule has 0 bridgehead atoms. The van der Waals surface area contributed by atoms with Gasteiger partial charge in [-0.25, -0.2) is 4.90 Å². The Morgan fingerprint density at radius 1 is 0.765 bits per heavy atom. The zero-order chi connectivity index (χ0) is 24.6. The highest BCUT2D eigenvalue weighted by Gasteiger charge is 2.41. The van der Waals surface area contributed by atoms with Crippen molar-refractivity contribution < 1.29 is 19.1 Å². The van der Waals surface area contributed by atoms with Crippen molar-refractivity contribution in [3.05, 3.63) is 88.1 Å². The highest BCUT2D eigenvalue weighted by Crippen LogP contribution is 2.38. The van der Waals surface area contributed by atoms with Gasteiger partial charge in [-0.1, -0.05) is 30.3 Å². The molecule has 3 aromatic rings. The number of nitrogens with one attached hydrogen (secondary N) is 1. The fraction of sp³-hybridized carbons (Fsp3) is 0.214. The van der Waals surface area contributed by atoms with Crippen LogP contribution in [0.5, 0.6) is 11.5 Å². The molecule has 0 aromatic heterocycles. The van der Waals surface area contributed by atoms with Crippen molar-refractivity contribution in [3.8, 4) is 11.5 Å². The minimum atomic E-state index is -0.420. The number of carbonyl (C=O) groups is 2. The molecule has 6 nitrogen and oxygen atoms in total.